The third-order valence-corrected chi connectivity index (χ3v) is 19.6. The number of esters is 4. The molecule has 0 heterocycles. The number of carbonyl (C=O) groups is 4. The molecule has 19 heteroatoms. The van der Waals surface area contributed by atoms with Gasteiger partial charge < -0.3 is 33.8 Å². The van der Waals surface area contributed by atoms with Crippen molar-refractivity contribution in [3.8, 4) is 0 Å². The van der Waals surface area contributed by atoms with Gasteiger partial charge in [-0.3, -0.25) is 37.3 Å². The topological polar surface area (TPSA) is 237 Å². The van der Waals surface area contributed by atoms with Crippen molar-refractivity contribution < 1.29 is 80.2 Å². The van der Waals surface area contributed by atoms with Gasteiger partial charge in [0.1, 0.15) is 19.3 Å². The van der Waals surface area contributed by atoms with E-state index in [9.17, 15) is 43.2 Å². The third kappa shape index (κ3) is 73.3. The number of hydrogen-bond acceptors (Lipinski definition) is 15. The van der Waals surface area contributed by atoms with Crippen LogP contribution in [0.15, 0.2) is 48.6 Å². The second-order valence-corrected chi connectivity index (χ2v) is 31.6. The van der Waals surface area contributed by atoms with Gasteiger partial charge in [-0.25, -0.2) is 9.13 Å². The van der Waals surface area contributed by atoms with E-state index < -0.39 is 97.5 Å². The fourth-order valence-electron chi connectivity index (χ4n) is 11.5. The Morgan fingerprint density at radius 1 is 0.310 bits per heavy atom. The van der Waals surface area contributed by atoms with Gasteiger partial charge in [0, 0.05) is 25.7 Å². The maximum atomic E-state index is 13.1. The summed E-state index contributed by atoms with van der Waals surface area (Å²) in [4.78, 5) is 72.9. The largest absolute Gasteiger partial charge is 0.472 e. The van der Waals surface area contributed by atoms with Gasteiger partial charge in [0.05, 0.1) is 26.4 Å². The number of rotatable bonds is 76. The van der Waals surface area contributed by atoms with Gasteiger partial charge in [-0.15, -0.1) is 0 Å². The van der Waals surface area contributed by atoms with Crippen molar-refractivity contribution in [1.29, 1.82) is 0 Å². The van der Waals surface area contributed by atoms with Crippen LogP contribution in [-0.4, -0.2) is 96.7 Å². The van der Waals surface area contributed by atoms with Crippen molar-refractivity contribution >= 4 is 39.5 Å². The molecule has 0 aliphatic carbocycles. The summed E-state index contributed by atoms with van der Waals surface area (Å²) in [5, 5.41) is 10.6. The zero-order valence-corrected chi connectivity index (χ0v) is 66.3. The first-order chi connectivity index (χ1) is 48.4. The fourth-order valence-corrected chi connectivity index (χ4v) is 13.0. The van der Waals surface area contributed by atoms with Crippen LogP contribution in [0.3, 0.4) is 0 Å². The number of phosphoric ester groups is 2. The molecular weight excluding hydrogens is 1310 g/mol. The Balaban J connectivity index is 5.27. The second kappa shape index (κ2) is 71.6. The van der Waals surface area contributed by atoms with Gasteiger partial charge in [0.2, 0.25) is 0 Å². The lowest BCUT2D eigenvalue weighted by atomic mass is 10.0. The van der Waals surface area contributed by atoms with Crippen LogP contribution in [0.4, 0.5) is 0 Å². The lowest BCUT2D eigenvalue weighted by Gasteiger charge is -2.21. The molecule has 0 aliphatic heterocycles. The number of allylic oxidation sites excluding steroid dienone is 8. The summed E-state index contributed by atoms with van der Waals surface area (Å²) in [6.07, 6.45) is 67.1. The maximum Gasteiger partial charge on any atom is 0.472 e. The Labute approximate surface area is 610 Å². The molecule has 100 heavy (non-hydrogen) atoms. The molecule has 5 atom stereocenters. The maximum absolute atomic E-state index is 13.1. The average Bonchev–Trinajstić information content (AvgIpc) is 1.10. The number of phosphoric acid groups is 2. The Morgan fingerprint density at radius 2 is 0.540 bits per heavy atom. The summed E-state index contributed by atoms with van der Waals surface area (Å²) in [7, 11) is -9.94. The molecule has 17 nitrogen and oxygen atoms in total. The zero-order chi connectivity index (χ0) is 73.5. The zero-order valence-electron chi connectivity index (χ0n) is 64.5. The van der Waals surface area contributed by atoms with Crippen LogP contribution < -0.4 is 0 Å². The number of aliphatic hydroxyl groups excluding tert-OH is 1. The van der Waals surface area contributed by atoms with Gasteiger partial charge >= 0.3 is 39.5 Å². The second-order valence-electron chi connectivity index (χ2n) is 28.7. The minimum absolute atomic E-state index is 0.0817. The highest BCUT2D eigenvalue weighted by molar-refractivity contribution is 7.47. The summed E-state index contributed by atoms with van der Waals surface area (Å²) in [5.41, 5.74) is 0. The number of unbranched alkanes of at least 4 members (excludes halogenated alkanes) is 40. The standard InChI is InChI=1S/C81H150O17P2/c1-7-9-11-13-15-17-19-21-27-32-36-40-44-51-57-63-78(83)91-69-76(97-80(85)65-60-54-46-42-38-34-30-26-24-23-25-29-31-35-39-43-49-55-61-73(3)4)71-95-99(87,88)93-67-75(82)68-94-100(89,90)96-72-77(70-92-79(84)64-58-52-48-47-50-56-62-74(5)6)98-81(86)66-59-53-45-41-37-33-28-22-20-18-16-14-12-10-8-2/h17-22,27-28,73-77,82H,7-16,23-26,29-72H2,1-6H3,(H,87,88)(H,89,90)/b19-17-,20-18-,27-21-,28-22-/t75-,76-,77-/m1/s1. The molecule has 0 aliphatic rings. The molecule has 586 valence electrons. The van der Waals surface area contributed by atoms with Crippen LogP contribution in [0.25, 0.3) is 0 Å². The van der Waals surface area contributed by atoms with Crippen LogP contribution >= 0.6 is 15.6 Å². The van der Waals surface area contributed by atoms with Crippen molar-refractivity contribution in [2.45, 2.75) is 394 Å². The Morgan fingerprint density at radius 3 is 0.810 bits per heavy atom. The van der Waals surface area contributed by atoms with E-state index in [-0.39, 0.29) is 25.7 Å². The molecule has 0 aromatic heterocycles. The Bertz CT molecular complexity index is 2110. The average molecular weight is 1460 g/mol. The minimum atomic E-state index is -4.97. The fraction of sp³-hybridized carbons (Fsp3) is 0.852. The molecular formula is C81H150O17P2. The number of hydrogen-bond donors (Lipinski definition) is 3. The van der Waals surface area contributed by atoms with Crippen molar-refractivity contribution in [2.75, 3.05) is 39.6 Å². The van der Waals surface area contributed by atoms with E-state index in [2.05, 4.69) is 90.2 Å². The summed E-state index contributed by atoms with van der Waals surface area (Å²) in [6.45, 7) is 9.44. The SMILES string of the molecule is CCCCCC/C=C\C=C/CCCCCCCC(=O)OC[C@H](COP(=O)(O)OC[C@@H](O)COP(=O)(O)OC[C@@H](COC(=O)CCCCCCCCC(C)C)OC(=O)CCCCCCC/C=C\C=C/CCCCCC)OC(=O)CCCCCCCCCCCCCCCCCCCCC(C)C. The van der Waals surface area contributed by atoms with Crippen LogP contribution in [0.1, 0.15) is 375 Å². The van der Waals surface area contributed by atoms with Crippen molar-refractivity contribution in [3.63, 3.8) is 0 Å². The summed E-state index contributed by atoms with van der Waals surface area (Å²) >= 11 is 0. The molecule has 0 saturated carbocycles. The number of ether oxygens (including phenoxy) is 4. The van der Waals surface area contributed by atoms with Gasteiger partial charge in [0.15, 0.2) is 12.2 Å². The Kier molecular flexibility index (Phi) is 69.5. The highest BCUT2D eigenvalue weighted by atomic mass is 31.2. The van der Waals surface area contributed by atoms with Crippen LogP contribution in [0.2, 0.25) is 0 Å². The Hall–Kier alpha value is -2.98. The molecule has 0 rings (SSSR count). The van der Waals surface area contributed by atoms with E-state index in [1.54, 1.807) is 0 Å². The predicted molar refractivity (Wildman–Crippen MR) is 409 cm³/mol. The summed E-state index contributed by atoms with van der Waals surface area (Å²) in [5.74, 6) is -0.682. The lowest BCUT2D eigenvalue weighted by molar-refractivity contribution is -0.161. The molecule has 0 radical (unpaired) electrons. The molecule has 0 spiro atoms. The van der Waals surface area contributed by atoms with Gasteiger partial charge in [0.25, 0.3) is 0 Å². The molecule has 0 saturated heterocycles. The van der Waals surface area contributed by atoms with Crippen molar-refractivity contribution in [1.82, 2.24) is 0 Å². The van der Waals surface area contributed by atoms with Gasteiger partial charge in [-0.05, 0) is 88.9 Å². The van der Waals surface area contributed by atoms with E-state index in [0.717, 1.165) is 134 Å². The molecule has 3 N–H and O–H groups in total. The molecule has 2 unspecified atom stereocenters. The number of aliphatic hydroxyl groups is 1. The molecule has 0 fully saturated rings. The van der Waals surface area contributed by atoms with Crippen molar-refractivity contribution in [3.05, 3.63) is 48.6 Å². The van der Waals surface area contributed by atoms with Gasteiger partial charge in [-0.2, -0.15) is 0 Å². The highest BCUT2D eigenvalue weighted by Crippen LogP contribution is 2.45. The minimum Gasteiger partial charge on any atom is -0.462 e. The third-order valence-electron chi connectivity index (χ3n) is 17.7. The number of carbonyl (C=O) groups excluding carboxylic acids is 4. The van der Waals surface area contributed by atoms with E-state index in [1.165, 1.54) is 154 Å². The first-order valence-electron chi connectivity index (χ1n) is 40.6. The molecule has 0 aromatic rings. The van der Waals surface area contributed by atoms with Crippen LogP contribution in [-0.2, 0) is 65.4 Å². The first kappa shape index (κ1) is 97.0. The normalized spacial score (nSPS) is 14.2. The monoisotopic (exact) mass is 1460 g/mol. The summed E-state index contributed by atoms with van der Waals surface area (Å²) in [6, 6.07) is 0. The van der Waals surface area contributed by atoms with Crippen LogP contribution in [0, 0.1) is 11.8 Å². The molecule has 0 bridgehead atoms. The van der Waals surface area contributed by atoms with Crippen molar-refractivity contribution in [2.24, 2.45) is 11.8 Å². The highest BCUT2D eigenvalue weighted by Gasteiger charge is 2.30. The summed E-state index contributed by atoms with van der Waals surface area (Å²) < 4.78 is 68.5. The van der Waals surface area contributed by atoms with E-state index in [1.807, 2.05) is 0 Å². The van der Waals surface area contributed by atoms with E-state index >= 15 is 0 Å². The lowest BCUT2D eigenvalue weighted by Crippen LogP contribution is -2.30. The molecule has 0 amide bonds. The van der Waals surface area contributed by atoms with E-state index in [0.29, 0.717) is 31.6 Å². The smallest absolute Gasteiger partial charge is 0.462 e. The van der Waals surface area contributed by atoms with Gasteiger partial charge in [-0.1, -0.05) is 321 Å². The molecule has 0 aromatic carbocycles. The first-order valence-corrected chi connectivity index (χ1v) is 43.6. The predicted octanol–water partition coefficient (Wildman–Crippen LogP) is 23.4. The van der Waals surface area contributed by atoms with Crippen LogP contribution in [0.5, 0.6) is 0 Å². The van der Waals surface area contributed by atoms with E-state index in [4.69, 9.17) is 37.0 Å². The quantitative estimate of drug-likeness (QED) is 0.0169.